The van der Waals surface area contributed by atoms with Gasteiger partial charge in [0, 0.05) is 10.8 Å². The zero-order valence-corrected chi connectivity index (χ0v) is 17.7. The van der Waals surface area contributed by atoms with Gasteiger partial charge in [-0.3, -0.25) is 0 Å². The number of para-hydroxylation sites is 1. The van der Waals surface area contributed by atoms with Crippen LogP contribution in [0.2, 0.25) is 0 Å². The molecule has 0 N–H and O–H groups in total. The Labute approximate surface area is 178 Å². The van der Waals surface area contributed by atoms with Crippen LogP contribution in [-0.2, 0) is 5.41 Å². The summed E-state index contributed by atoms with van der Waals surface area (Å²) in [6.45, 7) is 2.17. The predicted octanol–water partition coefficient (Wildman–Crippen LogP) is 8.03. The molecular formula is C29H28O. The van der Waals surface area contributed by atoms with Crippen molar-refractivity contribution >= 4 is 21.9 Å². The van der Waals surface area contributed by atoms with Crippen molar-refractivity contribution in [1.29, 1.82) is 0 Å². The molecule has 1 heteroatoms. The second kappa shape index (κ2) is 6.00. The lowest BCUT2D eigenvalue weighted by molar-refractivity contribution is -0.00518. The number of hydrogen-bond donors (Lipinski definition) is 0. The molecule has 150 valence electrons. The van der Waals surface area contributed by atoms with Crippen molar-refractivity contribution in [1.82, 2.24) is 0 Å². The van der Waals surface area contributed by atoms with Crippen LogP contribution >= 0.6 is 0 Å². The van der Waals surface area contributed by atoms with E-state index in [0.29, 0.717) is 5.41 Å². The van der Waals surface area contributed by atoms with Crippen LogP contribution in [0.3, 0.4) is 0 Å². The Balaban J connectivity index is 1.35. The number of fused-ring (bicyclic) bond motifs is 3. The third-order valence-corrected chi connectivity index (χ3v) is 8.47. The third kappa shape index (κ3) is 2.41. The maximum atomic E-state index is 6.18. The van der Waals surface area contributed by atoms with Gasteiger partial charge in [-0.15, -0.1) is 0 Å². The summed E-state index contributed by atoms with van der Waals surface area (Å²) < 4.78 is 6.18. The first-order valence-electron chi connectivity index (χ1n) is 11.7. The maximum Gasteiger partial charge on any atom is 0.136 e. The van der Waals surface area contributed by atoms with E-state index < -0.39 is 0 Å². The molecule has 4 bridgehead atoms. The van der Waals surface area contributed by atoms with Gasteiger partial charge in [0.15, 0.2) is 0 Å². The first-order valence-corrected chi connectivity index (χ1v) is 11.7. The van der Waals surface area contributed by atoms with E-state index in [4.69, 9.17) is 4.42 Å². The lowest BCUT2D eigenvalue weighted by atomic mass is 9.48. The maximum absolute atomic E-state index is 6.18. The fourth-order valence-electron chi connectivity index (χ4n) is 7.69. The van der Waals surface area contributed by atoms with Gasteiger partial charge in [-0.1, -0.05) is 48.5 Å². The molecule has 0 saturated heterocycles. The van der Waals surface area contributed by atoms with Crippen molar-refractivity contribution in [2.75, 3.05) is 0 Å². The van der Waals surface area contributed by atoms with Crippen LogP contribution in [0.25, 0.3) is 33.1 Å². The molecule has 0 radical (unpaired) electrons. The highest BCUT2D eigenvalue weighted by Gasteiger charge is 2.51. The minimum Gasteiger partial charge on any atom is -0.456 e. The largest absolute Gasteiger partial charge is 0.456 e. The SMILES string of the molecule is Cc1cc(-c2ccc(C34CC5CC(CC(C5)C3)C4)cc2)c2c(c1)oc1ccccc12. The molecule has 4 aliphatic carbocycles. The van der Waals surface area contributed by atoms with Gasteiger partial charge in [0.25, 0.3) is 0 Å². The minimum atomic E-state index is 0.470. The van der Waals surface area contributed by atoms with Crippen LogP contribution in [0, 0.1) is 24.7 Å². The Bertz CT molecular complexity index is 1240. The van der Waals surface area contributed by atoms with E-state index >= 15 is 0 Å². The molecular weight excluding hydrogens is 364 g/mol. The Morgan fingerprint density at radius 1 is 0.767 bits per heavy atom. The van der Waals surface area contributed by atoms with Gasteiger partial charge >= 0.3 is 0 Å². The molecule has 4 saturated carbocycles. The average molecular weight is 393 g/mol. The summed E-state index contributed by atoms with van der Waals surface area (Å²) in [5.74, 6) is 2.97. The van der Waals surface area contributed by atoms with Gasteiger partial charge in [-0.05, 0) is 103 Å². The second-order valence-corrected chi connectivity index (χ2v) is 10.6. The summed E-state index contributed by atoms with van der Waals surface area (Å²) in [5.41, 5.74) is 7.90. The van der Waals surface area contributed by atoms with Crippen molar-refractivity contribution in [2.45, 2.75) is 50.9 Å². The lowest BCUT2D eigenvalue weighted by Gasteiger charge is -2.57. The fourth-order valence-corrected chi connectivity index (χ4v) is 7.69. The lowest BCUT2D eigenvalue weighted by Crippen LogP contribution is -2.48. The highest BCUT2D eigenvalue weighted by molar-refractivity contribution is 6.12. The average Bonchev–Trinajstić information content (AvgIpc) is 3.10. The zero-order chi connectivity index (χ0) is 19.9. The predicted molar refractivity (Wildman–Crippen MR) is 124 cm³/mol. The zero-order valence-electron chi connectivity index (χ0n) is 17.7. The molecule has 0 unspecified atom stereocenters. The van der Waals surface area contributed by atoms with E-state index in [9.17, 15) is 0 Å². The standard InChI is InChI=1S/C29H28O/c1-18-10-25(28-24-4-2-3-5-26(24)30-27(28)11-18)22-6-8-23(9-7-22)29-15-19-12-20(16-29)14-21(13-19)17-29/h2-11,19-21H,12-17H2,1H3. The topological polar surface area (TPSA) is 13.1 Å². The molecule has 4 aliphatic rings. The summed E-state index contributed by atoms with van der Waals surface area (Å²) in [4.78, 5) is 0. The van der Waals surface area contributed by atoms with Crippen LogP contribution in [-0.4, -0.2) is 0 Å². The Kier molecular flexibility index (Phi) is 3.44. The molecule has 0 spiro atoms. The summed E-state index contributed by atoms with van der Waals surface area (Å²) >= 11 is 0. The first-order chi connectivity index (χ1) is 14.7. The molecule has 3 aromatic carbocycles. The third-order valence-electron chi connectivity index (χ3n) is 8.47. The van der Waals surface area contributed by atoms with Crippen LogP contribution in [0.15, 0.2) is 65.1 Å². The highest BCUT2D eigenvalue weighted by Crippen LogP contribution is 2.60. The summed E-state index contributed by atoms with van der Waals surface area (Å²) in [6.07, 6.45) is 8.81. The highest BCUT2D eigenvalue weighted by atomic mass is 16.3. The molecule has 0 aliphatic heterocycles. The molecule has 1 nitrogen and oxygen atoms in total. The summed E-state index contributed by atoms with van der Waals surface area (Å²) in [7, 11) is 0. The van der Waals surface area contributed by atoms with Gasteiger partial charge < -0.3 is 4.42 Å². The van der Waals surface area contributed by atoms with Crippen molar-refractivity contribution in [3.8, 4) is 11.1 Å². The van der Waals surface area contributed by atoms with Crippen molar-refractivity contribution in [3.63, 3.8) is 0 Å². The molecule has 30 heavy (non-hydrogen) atoms. The van der Waals surface area contributed by atoms with E-state index in [1.54, 1.807) is 5.56 Å². The van der Waals surface area contributed by atoms with E-state index in [0.717, 1.165) is 28.9 Å². The van der Waals surface area contributed by atoms with E-state index in [-0.39, 0.29) is 0 Å². The first kappa shape index (κ1) is 17.2. The molecule has 0 amide bonds. The normalized spacial score (nSPS) is 29.8. The van der Waals surface area contributed by atoms with Gasteiger partial charge in [0.1, 0.15) is 11.2 Å². The van der Waals surface area contributed by atoms with E-state index in [1.165, 1.54) is 66.0 Å². The smallest absolute Gasteiger partial charge is 0.136 e. The number of furan rings is 1. The van der Waals surface area contributed by atoms with E-state index in [2.05, 4.69) is 67.6 Å². The Morgan fingerprint density at radius 2 is 1.43 bits per heavy atom. The summed E-state index contributed by atoms with van der Waals surface area (Å²) in [5, 5.41) is 2.46. The molecule has 0 atom stereocenters. The minimum absolute atomic E-state index is 0.470. The number of hydrogen-bond acceptors (Lipinski definition) is 1. The molecule has 8 rings (SSSR count). The second-order valence-electron chi connectivity index (χ2n) is 10.6. The quantitative estimate of drug-likeness (QED) is 0.336. The Morgan fingerprint density at radius 3 is 2.13 bits per heavy atom. The van der Waals surface area contributed by atoms with Crippen molar-refractivity contribution in [3.05, 3.63) is 71.8 Å². The van der Waals surface area contributed by atoms with E-state index in [1.807, 2.05) is 0 Å². The number of aryl methyl sites for hydroxylation is 1. The van der Waals surface area contributed by atoms with Crippen LogP contribution in [0.4, 0.5) is 0 Å². The molecule has 4 fully saturated rings. The van der Waals surface area contributed by atoms with Gasteiger partial charge in [0.05, 0.1) is 0 Å². The monoisotopic (exact) mass is 392 g/mol. The van der Waals surface area contributed by atoms with Crippen molar-refractivity contribution < 1.29 is 4.42 Å². The van der Waals surface area contributed by atoms with Crippen LogP contribution < -0.4 is 0 Å². The fraction of sp³-hybridized carbons (Fsp3) is 0.379. The molecule has 1 aromatic heterocycles. The van der Waals surface area contributed by atoms with Crippen LogP contribution in [0.5, 0.6) is 0 Å². The molecule has 1 heterocycles. The Hall–Kier alpha value is -2.54. The van der Waals surface area contributed by atoms with Gasteiger partial charge in [-0.2, -0.15) is 0 Å². The number of benzene rings is 3. The van der Waals surface area contributed by atoms with Crippen molar-refractivity contribution in [2.24, 2.45) is 17.8 Å². The number of rotatable bonds is 2. The summed E-state index contributed by atoms with van der Waals surface area (Å²) in [6, 6.07) is 22.6. The van der Waals surface area contributed by atoms with Gasteiger partial charge in [-0.25, -0.2) is 0 Å². The molecule has 4 aromatic rings. The van der Waals surface area contributed by atoms with Crippen LogP contribution in [0.1, 0.15) is 49.7 Å². The van der Waals surface area contributed by atoms with Gasteiger partial charge in [0.2, 0.25) is 0 Å².